The zero-order valence-corrected chi connectivity index (χ0v) is 13.7. The number of aromatic nitrogens is 3. The highest BCUT2D eigenvalue weighted by molar-refractivity contribution is 5.96. The highest BCUT2D eigenvalue weighted by Gasteiger charge is 2.17. The summed E-state index contributed by atoms with van der Waals surface area (Å²) in [7, 11) is 0. The zero-order valence-electron chi connectivity index (χ0n) is 13.7. The van der Waals surface area contributed by atoms with Crippen LogP contribution < -0.4 is 0 Å². The van der Waals surface area contributed by atoms with Crippen LogP contribution in [0.4, 0.5) is 0 Å². The molecule has 4 rings (SSSR count). The van der Waals surface area contributed by atoms with Crippen molar-refractivity contribution >= 4 is 10.9 Å². The van der Waals surface area contributed by atoms with Crippen LogP contribution in [-0.2, 0) is 0 Å². The SMILES string of the molecule is Cc1cc2c(-c3cccc(O)c3)nc(-c3c(C)noc3C)cc2[nH]1. The van der Waals surface area contributed by atoms with Crippen molar-refractivity contribution in [1.29, 1.82) is 0 Å². The lowest BCUT2D eigenvalue weighted by atomic mass is 10.0. The molecule has 0 unspecified atom stereocenters. The van der Waals surface area contributed by atoms with E-state index in [2.05, 4.69) is 16.2 Å². The molecule has 0 aliphatic heterocycles. The van der Waals surface area contributed by atoms with Crippen molar-refractivity contribution in [3.63, 3.8) is 0 Å². The standard InChI is InChI=1S/C19H17N3O2/c1-10-7-15-16(20-10)9-17(18-11(2)22-24-12(18)3)21-19(15)13-5-4-6-14(23)8-13/h4-9,20,23H,1-3H3. The van der Waals surface area contributed by atoms with E-state index in [9.17, 15) is 5.11 Å². The Kier molecular flexibility index (Phi) is 3.16. The summed E-state index contributed by atoms with van der Waals surface area (Å²) in [5.41, 5.74) is 6.27. The molecule has 0 aliphatic carbocycles. The van der Waals surface area contributed by atoms with Gasteiger partial charge in [-0.3, -0.25) is 0 Å². The molecule has 0 saturated heterocycles. The smallest absolute Gasteiger partial charge is 0.143 e. The summed E-state index contributed by atoms with van der Waals surface area (Å²) < 4.78 is 5.29. The van der Waals surface area contributed by atoms with Crippen LogP contribution in [0.25, 0.3) is 33.4 Å². The van der Waals surface area contributed by atoms with E-state index in [-0.39, 0.29) is 5.75 Å². The summed E-state index contributed by atoms with van der Waals surface area (Å²) in [6, 6.07) is 11.2. The number of hydrogen-bond acceptors (Lipinski definition) is 4. The van der Waals surface area contributed by atoms with Crippen LogP contribution in [0.1, 0.15) is 17.1 Å². The first kappa shape index (κ1) is 14.5. The lowest BCUT2D eigenvalue weighted by Crippen LogP contribution is -1.91. The highest BCUT2D eigenvalue weighted by Crippen LogP contribution is 2.34. The lowest BCUT2D eigenvalue weighted by Gasteiger charge is -2.08. The molecule has 0 atom stereocenters. The Morgan fingerprint density at radius 3 is 2.62 bits per heavy atom. The van der Waals surface area contributed by atoms with E-state index in [1.807, 2.05) is 39.0 Å². The van der Waals surface area contributed by atoms with Crippen LogP contribution in [-0.4, -0.2) is 20.2 Å². The minimum absolute atomic E-state index is 0.220. The Balaban J connectivity index is 2.05. The molecule has 2 N–H and O–H groups in total. The third-order valence-electron chi connectivity index (χ3n) is 4.16. The van der Waals surface area contributed by atoms with Crippen LogP contribution in [0.3, 0.4) is 0 Å². The molecule has 3 heterocycles. The Morgan fingerprint density at radius 2 is 1.92 bits per heavy atom. The van der Waals surface area contributed by atoms with Gasteiger partial charge in [-0.05, 0) is 45.0 Å². The van der Waals surface area contributed by atoms with Gasteiger partial charge >= 0.3 is 0 Å². The molecule has 0 spiro atoms. The summed E-state index contributed by atoms with van der Waals surface area (Å²) in [6.45, 7) is 5.81. The molecule has 3 aromatic heterocycles. The topological polar surface area (TPSA) is 74.9 Å². The van der Waals surface area contributed by atoms with Gasteiger partial charge in [-0.15, -0.1) is 0 Å². The maximum absolute atomic E-state index is 9.83. The third kappa shape index (κ3) is 2.25. The average molecular weight is 319 g/mol. The van der Waals surface area contributed by atoms with Crippen molar-refractivity contribution in [3.8, 4) is 28.3 Å². The summed E-state index contributed by atoms with van der Waals surface area (Å²) in [5.74, 6) is 0.960. The quantitative estimate of drug-likeness (QED) is 0.570. The highest BCUT2D eigenvalue weighted by atomic mass is 16.5. The van der Waals surface area contributed by atoms with E-state index in [1.54, 1.807) is 12.1 Å². The van der Waals surface area contributed by atoms with E-state index in [0.29, 0.717) is 0 Å². The Bertz CT molecular complexity index is 1040. The number of aromatic hydroxyl groups is 1. The molecule has 0 amide bonds. The molecule has 0 bridgehead atoms. The van der Waals surface area contributed by atoms with E-state index >= 15 is 0 Å². The number of phenolic OH excluding ortho intramolecular Hbond substituents is 1. The predicted octanol–water partition coefficient (Wildman–Crippen LogP) is 4.52. The van der Waals surface area contributed by atoms with Crippen LogP contribution in [0.2, 0.25) is 0 Å². The van der Waals surface area contributed by atoms with Crippen molar-refractivity contribution in [3.05, 3.63) is 53.5 Å². The fourth-order valence-electron chi connectivity index (χ4n) is 3.12. The average Bonchev–Trinajstić information content (AvgIpc) is 3.07. The molecule has 0 radical (unpaired) electrons. The normalized spacial score (nSPS) is 11.3. The van der Waals surface area contributed by atoms with E-state index < -0.39 is 0 Å². The second kappa shape index (κ2) is 5.23. The molecular weight excluding hydrogens is 302 g/mol. The number of benzene rings is 1. The fourth-order valence-corrected chi connectivity index (χ4v) is 3.12. The first-order chi connectivity index (χ1) is 11.5. The Hall–Kier alpha value is -3.08. The van der Waals surface area contributed by atoms with Gasteiger partial charge in [-0.2, -0.15) is 0 Å². The van der Waals surface area contributed by atoms with Crippen LogP contribution in [0.15, 0.2) is 40.9 Å². The zero-order chi connectivity index (χ0) is 16.8. The molecule has 120 valence electrons. The Labute approximate surface area is 139 Å². The largest absolute Gasteiger partial charge is 0.508 e. The number of phenols is 1. The van der Waals surface area contributed by atoms with E-state index in [1.165, 1.54) is 0 Å². The van der Waals surface area contributed by atoms with Gasteiger partial charge in [-0.1, -0.05) is 17.3 Å². The predicted molar refractivity (Wildman–Crippen MR) is 92.9 cm³/mol. The summed E-state index contributed by atoms with van der Waals surface area (Å²) in [5, 5.41) is 14.9. The molecule has 0 fully saturated rings. The number of nitrogens with zero attached hydrogens (tertiary/aromatic N) is 2. The van der Waals surface area contributed by atoms with Gasteiger partial charge in [0.25, 0.3) is 0 Å². The summed E-state index contributed by atoms with van der Waals surface area (Å²) in [6.07, 6.45) is 0. The monoisotopic (exact) mass is 319 g/mol. The van der Waals surface area contributed by atoms with Crippen molar-refractivity contribution in [1.82, 2.24) is 15.1 Å². The lowest BCUT2D eigenvalue weighted by molar-refractivity contribution is 0.393. The van der Waals surface area contributed by atoms with E-state index in [0.717, 1.165) is 50.6 Å². The van der Waals surface area contributed by atoms with E-state index in [4.69, 9.17) is 9.51 Å². The van der Waals surface area contributed by atoms with Crippen LogP contribution >= 0.6 is 0 Å². The van der Waals surface area contributed by atoms with Gasteiger partial charge in [0.05, 0.1) is 22.6 Å². The van der Waals surface area contributed by atoms with Crippen molar-refractivity contribution in [2.24, 2.45) is 0 Å². The number of nitrogens with one attached hydrogen (secondary N) is 1. The first-order valence-corrected chi connectivity index (χ1v) is 7.76. The molecule has 5 heteroatoms. The minimum Gasteiger partial charge on any atom is -0.508 e. The van der Waals surface area contributed by atoms with Crippen LogP contribution in [0.5, 0.6) is 5.75 Å². The minimum atomic E-state index is 0.220. The Morgan fingerprint density at radius 1 is 1.08 bits per heavy atom. The van der Waals surface area contributed by atoms with Gasteiger partial charge < -0.3 is 14.6 Å². The van der Waals surface area contributed by atoms with Gasteiger partial charge in [0.15, 0.2) is 0 Å². The summed E-state index contributed by atoms with van der Waals surface area (Å²) in [4.78, 5) is 8.23. The number of aromatic amines is 1. The second-order valence-electron chi connectivity index (χ2n) is 6.02. The first-order valence-electron chi connectivity index (χ1n) is 7.76. The van der Waals surface area contributed by atoms with Gasteiger partial charge in [0.1, 0.15) is 11.5 Å². The van der Waals surface area contributed by atoms with Crippen molar-refractivity contribution in [2.45, 2.75) is 20.8 Å². The molecule has 4 aromatic rings. The van der Waals surface area contributed by atoms with Gasteiger partial charge in [0.2, 0.25) is 0 Å². The molecular formula is C19H17N3O2. The van der Waals surface area contributed by atoms with Crippen LogP contribution in [0, 0.1) is 20.8 Å². The number of rotatable bonds is 2. The fraction of sp³-hybridized carbons (Fsp3) is 0.158. The van der Waals surface area contributed by atoms with Gasteiger partial charge in [0, 0.05) is 22.2 Å². The number of aryl methyl sites for hydroxylation is 3. The number of hydrogen-bond donors (Lipinski definition) is 2. The van der Waals surface area contributed by atoms with Crippen molar-refractivity contribution < 1.29 is 9.63 Å². The van der Waals surface area contributed by atoms with Crippen molar-refractivity contribution in [2.75, 3.05) is 0 Å². The third-order valence-corrected chi connectivity index (χ3v) is 4.16. The summed E-state index contributed by atoms with van der Waals surface area (Å²) >= 11 is 0. The maximum atomic E-state index is 9.83. The molecule has 0 saturated carbocycles. The number of H-pyrrole nitrogens is 1. The molecule has 24 heavy (non-hydrogen) atoms. The molecule has 1 aromatic carbocycles. The van der Waals surface area contributed by atoms with Gasteiger partial charge in [-0.25, -0.2) is 4.98 Å². The number of pyridine rings is 1. The second-order valence-corrected chi connectivity index (χ2v) is 6.02. The molecule has 0 aliphatic rings. The number of fused-ring (bicyclic) bond motifs is 1. The maximum Gasteiger partial charge on any atom is 0.143 e. The molecule has 5 nitrogen and oxygen atoms in total.